The number of hydrogen-bond acceptors (Lipinski definition) is 1. The highest BCUT2D eigenvalue weighted by atomic mass is 79.9. The molecule has 2 aromatic carbocycles. The molecule has 2 aromatic rings. The van der Waals surface area contributed by atoms with Gasteiger partial charge in [-0.3, -0.25) is 0 Å². The maximum Gasteiger partial charge on any atom is 0.173 e. The van der Waals surface area contributed by atoms with Gasteiger partial charge in [0.1, 0.15) is 11.6 Å². The quantitative estimate of drug-likeness (QED) is 0.624. The Morgan fingerprint density at radius 2 is 1.67 bits per heavy atom. The lowest BCUT2D eigenvalue weighted by Gasteiger charge is -2.19. The minimum atomic E-state index is -0.988. The van der Waals surface area contributed by atoms with E-state index < -0.39 is 29.3 Å². The minimum Gasteiger partial charge on any atom is -0.313 e. The van der Waals surface area contributed by atoms with Gasteiger partial charge in [0.15, 0.2) is 11.6 Å². The van der Waals surface area contributed by atoms with Crippen LogP contribution < -0.4 is 5.32 Å². The fourth-order valence-electron chi connectivity index (χ4n) is 2.14. The van der Waals surface area contributed by atoms with E-state index in [-0.39, 0.29) is 10.9 Å². The van der Waals surface area contributed by atoms with E-state index in [2.05, 4.69) is 21.2 Å². The molecule has 112 valence electrons. The van der Waals surface area contributed by atoms with Gasteiger partial charge in [-0.05, 0) is 58.7 Å². The van der Waals surface area contributed by atoms with Gasteiger partial charge in [0, 0.05) is 12.1 Å². The lowest BCUT2D eigenvalue weighted by molar-refractivity contribution is 0.495. The van der Waals surface area contributed by atoms with Crippen LogP contribution in [0.4, 0.5) is 17.6 Å². The van der Waals surface area contributed by atoms with Gasteiger partial charge in [-0.15, -0.1) is 0 Å². The molecule has 0 aliphatic heterocycles. The maximum atomic E-state index is 13.6. The van der Waals surface area contributed by atoms with E-state index in [0.717, 1.165) is 12.1 Å². The summed E-state index contributed by atoms with van der Waals surface area (Å²) < 4.78 is 53.1. The molecule has 1 N–H and O–H groups in total. The molecule has 2 rings (SSSR count). The average Bonchev–Trinajstić information content (AvgIpc) is 2.42. The normalized spacial score (nSPS) is 12.5. The van der Waals surface area contributed by atoms with Crippen LogP contribution in [-0.2, 0) is 6.42 Å². The molecule has 1 atom stereocenters. The lowest BCUT2D eigenvalue weighted by atomic mass is 9.98. The van der Waals surface area contributed by atoms with Crippen molar-refractivity contribution >= 4 is 15.9 Å². The van der Waals surface area contributed by atoms with Gasteiger partial charge < -0.3 is 5.32 Å². The Hall–Kier alpha value is -1.40. The van der Waals surface area contributed by atoms with E-state index in [4.69, 9.17) is 0 Å². The highest BCUT2D eigenvalue weighted by Crippen LogP contribution is 2.30. The first-order chi connectivity index (χ1) is 9.92. The molecule has 0 bridgehead atoms. The fraction of sp³-hybridized carbons (Fsp3) is 0.200. The molecule has 0 fully saturated rings. The first-order valence-corrected chi connectivity index (χ1v) is 6.97. The smallest absolute Gasteiger partial charge is 0.173 e. The van der Waals surface area contributed by atoms with Gasteiger partial charge in [0.05, 0.1) is 4.47 Å². The topological polar surface area (TPSA) is 12.0 Å². The molecular weight excluding hydrogens is 350 g/mol. The molecular formula is C15H12BrF4N. The molecule has 0 saturated heterocycles. The number of nitrogens with one attached hydrogen (secondary N) is 1. The van der Waals surface area contributed by atoms with Crippen molar-refractivity contribution in [1.29, 1.82) is 0 Å². The third-order valence-corrected chi connectivity index (χ3v) is 3.96. The third kappa shape index (κ3) is 3.63. The van der Waals surface area contributed by atoms with E-state index in [9.17, 15) is 17.6 Å². The molecule has 0 aliphatic carbocycles. The zero-order chi connectivity index (χ0) is 15.6. The van der Waals surface area contributed by atoms with E-state index >= 15 is 0 Å². The highest BCUT2D eigenvalue weighted by Gasteiger charge is 2.19. The van der Waals surface area contributed by atoms with E-state index in [1.165, 1.54) is 18.2 Å². The van der Waals surface area contributed by atoms with Crippen LogP contribution in [-0.4, -0.2) is 7.05 Å². The summed E-state index contributed by atoms with van der Waals surface area (Å²) >= 11 is 3.01. The van der Waals surface area contributed by atoms with E-state index in [1.54, 1.807) is 7.05 Å². The summed E-state index contributed by atoms with van der Waals surface area (Å²) in [6.45, 7) is 0. The number of likely N-dealkylation sites (N-methyl/N-ethyl adjacent to an activating group) is 1. The predicted octanol–water partition coefficient (Wildman–Crippen LogP) is 4.51. The van der Waals surface area contributed by atoms with Crippen LogP contribution >= 0.6 is 15.9 Å². The summed E-state index contributed by atoms with van der Waals surface area (Å²) in [5.74, 6) is -3.30. The van der Waals surface area contributed by atoms with Crippen LogP contribution in [0.5, 0.6) is 0 Å². The van der Waals surface area contributed by atoms with Gasteiger partial charge in [-0.2, -0.15) is 0 Å². The molecule has 21 heavy (non-hydrogen) atoms. The fourth-order valence-corrected chi connectivity index (χ4v) is 2.74. The number of halogens is 5. The standard InChI is InChI=1S/C15H12BrF4N/c1-21-13(6-8-4-9(17)7-10(18)5-8)11-2-3-12(19)15(20)14(11)16/h2-5,7,13,21H,6H2,1H3. The molecule has 0 aliphatic rings. The largest absolute Gasteiger partial charge is 0.313 e. The van der Waals surface area contributed by atoms with Crippen molar-refractivity contribution in [2.45, 2.75) is 12.5 Å². The summed E-state index contributed by atoms with van der Waals surface area (Å²) in [4.78, 5) is 0. The zero-order valence-electron chi connectivity index (χ0n) is 11.1. The maximum absolute atomic E-state index is 13.6. The van der Waals surface area contributed by atoms with Crippen LogP contribution in [0.25, 0.3) is 0 Å². The summed E-state index contributed by atoms with van der Waals surface area (Å²) in [6.07, 6.45) is 0.231. The molecule has 0 aromatic heterocycles. The monoisotopic (exact) mass is 361 g/mol. The number of benzene rings is 2. The molecule has 1 unspecified atom stereocenters. The first-order valence-electron chi connectivity index (χ1n) is 6.18. The van der Waals surface area contributed by atoms with Gasteiger partial charge in [0.25, 0.3) is 0 Å². The first kappa shape index (κ1) is 16.0. The van der Waals surface area contributed by atoms with Crippen molar-refractivity contribution in [3.63, 3.8) is 0 Å². The van der Waals surface area contributed by atoms with Crippen molar-refractivity contribution in [2.24, 2.45) is 0 Å². The second-order valence-corrected chi connectivity index (χ2v) is 5.38. The summed E-state index contributed by atoms with van der Waals surface area (Å²) in [7, 11) is 1.63. The molecule has 1 nitrogen and oxygen atoms in total. The Labute approximate surface area is 128 Å². The second-order valence-electron chi connectivity index (χ2n) is 4.59. The van der Waals surface area contributed by atoms with Crippen LogP contribution in [0.3, 0.4) is 0 Å². The number of hydrogen-bond donors (Lipinski definition) is 1. The molecule has 0 spiro atoms. The van der Waals surface area contributed by atoms with E-state index in [0.29, 0.717) is 11.1 Å². The van der Waals surface area contributed by atoms with Gasteiger partial charge in [-0.1, -0.05) is 6.07 Å². The van der Waals surface area contributed by atoms with Crippen molar-refractivity contribution in [2.75, 3.05) is 7.05 Å². The predicted molar refractivity (Wildman–Crippen MR) is 75.9 cm³/mol. The summed E-state index contributed by atoms with van der Waals surface area (Å²) in [6, 6.07) is 5.23. The van der Waals surface area contributed by atoms with Gasteiger partial charge >= 0.3 is 0 Å². The van der Waals surface area contributed by atoms with Gasteiger partial charge in [0.2, 0.25) is 0 Å². The third-order valence-electron chi connectivity index (χ3n) is 3.15. The van der Waals surface area contributed by atoms with Gasteiger partial charge in [-0.25, -0.2) is 17.6 Å². The van der Waals surface area contributed by atoms with Crippen molar-refractivity contribution in [3.8, 4) is 0 Å². The Morgan fingerprint density at radius 3 is 2.24 bits per heavy atom. The Bertz CT molecular complexity index is 640. The zero-order valence-corrected chi connectivity index (χ0v) is 12.6. The van der Waals surface area contributed by atoms with Crippen molar-refractivity contribution in [1.82, 2.24) is 5.32 Å². The molecule has 0 heterocycles. The molecule has 0 radical (unpaired) electrons. The highest BCUT2D eigenvalue weighted by molar-refractivity contribution is 9.10. The van der Waals surface area contributed by atoms with Crippen molar-refractivity contribution in [3.05, 3.63) is 69.2 Å². The molecule has 6 heteroatoms. The minimum absolute atomic E-state index is 0.00118. The Balaban J connectivity index is 2.34. The number of rotatable bonds is 4. The van der Waals surface area contributed by atoms with Crippen LogP contribution in [0.1, 0.15) is 17.2 Å². The SMILES string of the molecule is CNC(Cc1cc(F)cc(F)c1)c1ccc(F)c(F)c1Br. The Morgan fingerprint density at radius 1 is 1.05 bits per heavy atom. The second kappa shape index (κ2) is 6.58. The lowest BCUT2D eigenvalue weighted by Crippen LogP contribution is -2.20. The Kier molecular flexibility index (Phi) is 5.00. The molecule has 0 saturated carbocycles. The van der Waals surface area contributed by atoms with Crippen molar-refractivity contribution < 1.29 is 17.6 Å². The van der Waals surface area contributed by atoms with E-state index in [1.807, 2.05) is 0 Å². The summed E-state index contributed by atoms with van der Waals surface area (Å²) in [5, 5.41) is 2.93. The van der Waals surface area contributed by atoms with Crippen LogP contribution in [0, 0.1) is 23.3 Å². The summed E-state index contributed by atoms with van der Waals surface area (Å²) in [5.41, 5.74) is 0.893. The van der Waals surface area contributed by atoms with Crippen LogP contribution in [0.15, 0.2) is 34.8 Å². The van der Waals surface area contributed by atoms with Crippen LogP contribution in [0.2, 0.25) is 0 Å². The molecule has 0 amide bonds. The average molecular weight is 362 g/mol.